The van der Waals surface area contributed by atoms with Crippen molar-refractivity contribution in [3.63, 3.8) is 0 Å². The van der Waals surface area contributed by atoms with Crippen LogP contribution in [0.3, 0.4) is 0 Å². The summed E-state index contributed by atoms with van der Waals surface area (Å²) in [6.45, 7) is 4.65. The maximum Gasteiger partial charge on any atom is 0.243 e. The molecule has 0 unspecified atom stereocenters. The molecule has 0 aliphatic carbocycles. The number of likely N-dealkylation sites (tertiary alicyclic amines) is 1. The molecule has 0 aromatic carbocycles. The molecule has 9 nitrogen and oxygen atoms in total. The van der Waals surface area contributed by atoms with Crippen LogP contribution in [-0.2, 0) is 14.3 Å². The van der Waals surface area contributed by atoms with Crippen molar-refractivity contribution in [1.82, 2.24) is 25.4 Å². The predicted molar refractivity (Wildman–Crippen MR) is 98.1 cm³/mol. The maximum absolute atomic E-state index is 12.0. The van der Waals surface area contributed by atoms with Crippen molar-refractivity contribution in [3.05, 3.63) is 10.8 Å². The summed E-state index contributed by atoms with van der Waals surface area (Å²) in [5, 5.41) is 14.3. The molecule has 26 heavy (non-hydrogen) atoms. The summed E-state index contributed by atoms with van der Waals surface area (Å²) in [5.74, 6) is 0.474. The molecule has 10 heteroatoms. The number of piperidine rings is 1. The molecule has 1 aromatic rings. The SMILES string of the molecule is COC(CNC(=O)CCN1CCC[C@@H](Nc2nnc(Cl)c(C)n2)C1)OC. The minimum Gasteiger partial charge on any atom is -0.354 e. The summed E-state index contributed by atoms with van der Waals surface area (Å²) in [7, 11) is 3.09. The molecule has 146 valence electrons. The van der Waals surface area contributed by atoms with Gasteiger partial charge in [-0.3, -0.25) is 4.79 Å². The standard InChI is InChI=1S/C16H27ClN6O3/c1-11-15(17)21-22-16(19-11)20-12-5-4-7-23(10-12)8-6-13(24)18-9-14(25-2)26-3/h12,14H,4-10H2,1-3H3,(H,18,24)(H,19,20,22)/t12-/m1/s1. The molecule has 2 N–H and O–H groups in total. The van der Waals surface area contributed by atoms with Crippen LogP contribution >= 0.6 is 11.6 Å². The van der Waals surface area contributed by atoms with E-state index in [1.54, 1.807) is 21.1 Å². The van der Waals surface area contributed by atoms with Crippen molar-refractivity contribution in [3.8, 4) is 0 Å². The number of aryl methyl sites for hydroxylation is 1. The van der Waals surface area contributed by atoms with Gasteiger partial charge in [-0.2, -0.15) is 0 Å². The Kier molecular flexibility index (Phi) is 8.43. The molecule has 1 aliphatic rings. The molecule has 1 aliphatic heterocycles. The van der Waals surface area contributed by atoms with Crippen molar-refractivity contribution >= 4 is 23.5 Å². The topological polar surface area (TPSA) is 102 Å². The number of carbonyl (C=O) groups excluding carboxylic acids is 1. The van der Waals surface area contributed by atoms with E-state index < -0.39 is 6.29 Å². The number of aromatic nitrogens is 3. The van der Waals surface area contributed by atoms with Crippen LogP contribution in [0.2, 0.25) is 5.15 Å². The van der Waals surface area contributed by atoms with Gasteiger partial charge in [0.2, 0.25) is 11.9 Å². The third kappa shape index (κ3) is 6.64. The van der Waals surface area contributed by atoms with Gasteiger partial charge in [-0.1, -0.05) is 11.6 Å². The first kappa shape index (κ1) is 20.8. The Morgan fingerprint density at radius 3 is 2.85 bits per heavy atom. The number of carbonyl (C=O) groups is 1. The zero-order valence-electron chi connectivity index (χ0n) is 15.5. The summed E-state index contributed by atoms with van der Waals surface area (Å²) in [4.78, 5) is 18.5. The summed E-state index contributed by atoms with van der Waals surface area (Å²) < 4.78 is 10.1. The van der Waals surface area contributed by atoms with E-state index in [1.165, 1.54) is 0 Å². The molecular formula is C16H27ClN6O3. The molecule has 0 bridgehead atoms. The second-order valence-electron chi connectivity index (χ2n) is 6.25. The number of rotatable bonds is 9. The Hall–Kier alpha value is -1.55. The lowest BCUT2D eigenvalue weighted by atomic mass is 10.1. The summed E-state index contributed by atoms with van der Waals surface area (Å²) in [6, 6.07) is 0.223. The van der Waals surface area contributed by atoms with Gasteiger partial charge in [0.05, 0.1) is 12.2 Å². The van der Waals surface area contributed by atoms with Gasteiger partial charge in [-0.25, -0.2) is 4.98 Å². The first-order valence-corrected chi connectivity index (χ1v) is 9.07. The number of ether oxygens (including phenoxy) is 2. The highest BCUT2D eigenvalue weighted by Crippen LogP contribution is 2.15. The van der Waals surface area contributed by atoms with Crippen molar-refractivity contribution < 1.29 is 14.3 Å². The van der Waals surface area contributed by atoms with Gasteiger partial charge in [0.25, 0.3) is 0 Å². The molecule has 1 saturated heterocycles. The van der Waals surface area contributed by atoms with Gasteiger partial charge in [0, 0.05) is 39.8 Å². The van der Waals surface area contributed by atoms with Gasteiger partial charge >= 0.3 is 0 Å². The van der Waals surface area contributed by atoms with Gasteiger partial charge in [0.1, 0.15) is 0 Å². The van der Waals surface area contributed by atoms with Crippen LogP contribution in [0.15, 0.2) is 0 Å². The monoisotopic (exact) mass is 386 g/mol. The number of hydrogen-bond acceptors (Lipinski definition) is 8. The Labute approximate surface area is 158 Å². The number of methoxy groups -OCH3 is 2. The van der Waals surface area contributed by atoms with Crippen LogP contribution in [0.5, 0.6) is 0 Å². The van der Waals surface area contributed by atoms with E-state index >= 15 is 0 Å². The molecule has 1 atom stereocenters. The summed E-state index contributed by atoms with van der Waals surface area (Å²) in [5.41, 5.74) is 0.652. The Morgan fingerprint density at radius 1 is 1.38 bits per heavy atom. The zero-order valence-corrected chi connectivity index (χ0v) is 16.3. The number of nitrogens with one attached hydrogen (secondary N) is 2. The highest BCUT2D eigenvalue weighted by Gasteiger charge is 2.21. The molecule has 2 heterocycles. The lowest BCUT2D eigenvalue weighted by Gasteiger charge is -2.32. The van der Waals surface area contributed by atoms with E-state index in [0.717, 1.165) is 25.9 Å². The van der Waals surface area contributed by atoms with Gasteiger partial charge < -0.3 is 25.0 Å². The van der Waals surface area contributed by atoms with E-state index in [2.05, 4.69) is 30.7 Å². The molecule has 0 spiro atoms. The van der Waals surface area contributed by atoms with Crippen molar-refractivity contribution in [1.29, 1.82) is 0 Å². The number of halogens is 1. The molecular weight excluding hydrogens is 360 g/mol. The third-order valence-electron chi connectivity index (χ3n) is 4.29. The Bertz CT molecular complexity index is 587. The van der Waals surface area contributed by atoms with Crippen LogP contribution in [0.4, 0.5) is 5.95 Å². The second-order valence-corrected chi connectivity index (χ2v) is 6.61. The average molecular weight is 387 g/mol. The Balaban J connectivity index is 1.73. The highest BCUT2D eigenvalue weighted by molar-refractivity contribution is 6.29. The third-order valence-corrected chi connectivity index (χ3v) is 4.64. The lowest BCUT2D eigenvalue weighted by molar-refractivity contribution is -0.127. The summed E-state index contributed by atoms with van der Waals surface area (Å²) >= 11 is 5.86. The van der Waals surface area contributed by atoms with E-state index in [0.29, 0.717) is 36.3 Å². The smallest absolute Gasteiger partial charge is 0.243 e. The molecule has 2 rings (SSSR count). The molecule has 0 radical (unpaired) electrons. The number of hydrogen-bond donors (Lipinski definition) is 2. The van der Waals surface area contributed by atoms with Crippen molar-refractivity contribution in [2.45, 2.75) is 38.5 Å². The number of nitrogens with zero attached hydrogens (tertiary/aromatic N) is 4. The highest BCUT2D eigenvalue weighted by atomic mass is 35.5. The van der Waals surface area contributed by atoms with Crippen LogP contribution in [0, 0.1) is 6.92 Å². The van der Waals surface area contributed by atoms with Crippen molar-refractivity contribution in [2.24, 2.45) is 0 Å². The number of anilines is 1. The zero-order chi connectivity index (χ0) is 18.9. The Morgan fingerprint density at radius 2 is 2.15 bits per heavy atom. The molecule has 1 aromatic heterocycles. The van der Waals surface area contributed by atoms with Crippen molar-refractivity contribution in [2.75, 3.05) is 45.7 Å². The predicted octanol–water partition coefficient (Wildman–Crippen LogP) is 0.835. The largest absolute Gasteiger partial charge is 0.354 e. The summed E-state index contributed by atoms with van der Waals surface area (Å²) in [6.07, 6.45) is 2.09. The van der Waals surface area contributed by atoms with E-state index in [1.807, 2.05) is 0 Å². The van der Waals surface area contributed by atoms with Gasteiger partial charge in [0.15, 0.2) is 11.4 Å². The maximum atomic E-state index is 12.0. The van der Waals surface area contributed by atoms with E-state index in [4.69, 9.17) is 21.1 Å². The fourth-order valence-corrected chi connectivity index (χ4v) is 2.90. The lowest BCUT2D eigenvalue weighted by Crippen LogP contribution is -2.44. The second kappa shape index (κ2) is 10.6. The molecule has 0 saturated carbocycles. The van der Waals surface area contributed by atoms with Crippen LogP contribution in [-0.4, -0.2) is 78.7 Å². The molecule has 1 amide bonds. The normalized spacial score (nSPS) is 18.1. The molecule has 1 fully saturated rings. The fourth-order valence-electron chi connectivity index (χ4n) is 2.82. The van der Waals surface area contributed by atoms with Crippen LogP contribution in [0.25, 0.3) is 0 Å². The van der Waals surface area contributed by atoms with E-state index in [-0.39, 0.29) is 11.9 Å². The minimum atomic E-state index is -0.418. The fraction of sp³-hybridized carbons (Fsp3) is 0.750. The quantitative estimate of drug-likeness (QED) is 0.602. The number of amides is 1. The van der Waals surface area contributed by atoms with Gasteiger partial charge in [-0.05, 0) is 26.3 Å². The minimum absolute atomic E-state index is 0.0138. The van der Waals surface area contributed by atoms with E-state index in [9.17, 15) is 4.79 Å². The first-order valence-electron chi connectivity index (χ1n) is 8.69. The van der Waals surface area contributed by atoms with Crippen LogP contribution < -0.4 is 10.6 Å². The first-order chi connectivity index (χ1) is 12.5. The average Bonchev–Trinajstić information content (AvgIpc) is 2.64. The van der Waals surface area contributed by atoms with Crippen LogP contribution in [0.1, 0.15) is 25.0 Å². The van der Waals surface area contributed by atoms with Gasteiger partial charge in [-0.15, -0.1) is 10.2 Å².